The van der Waals surface area contributed by atoms with Crippen molar-refractivity contribution in [1.29, 1.82) is 0 Å². The Bertz CT molecular complexity index is 913. The van der Waals surface area contributed by atoms with E-state index in [2.05, 4.69) is 14.9 Å². The molecule has 0 atom stereocenters. The molecule has 0 bridgehead atoms. The minimum absolute atomic E-state index is 0.0449. The Morgan fingerprint density at radius 3 is 2.25 bits per heavy atom. The third kappa shape index (κ3) is 3.45. The fraction of sp³-hybridized carbons (Fsp3) is 0.133. The zero-order valence-corrected chi connectivity index (χ0v) is 12.1. The van der Waals surface area contributed by atoms with Gasteiger partial charge in [0.05, 0.1) is 0 Å². The predicted molar refractivity (Wildman–Crippen MR) is 75.1 cm³/mol. The first kappa shape index (κ1) is 15.8. The molecule has 2 heterocycles. The number of halogens is 3. The van der Waals surface area contributed by atoms with Crippen LogP contribution >= 0.6 is 0 Å². The monoisotopic (exact) mass is 338 g/mol. The average Bonchev–Trinajstić information content (AvgIpc) is 2.96. The number of nitrogens with zero attached hydrogens (tertiary/aromatic N) is 2. The van der Waals surface area contributed by atoms with Crippen LogP contribution in [0.15, 0.2) is 50.0 Å². The third-order valence-electron chi connectivity index (χ3n) is 2.95. The van der Waals surface area contributed by atoms with E-state index in [1.807, 2.05) is 0 Å². The summed E-state index contributed by atoms with van der Waals surface area (Å²) in [6.07, 6.45) is -4.77. The summed E-state index contributed by atoms with van der Waals surface area (Å²) in [6, 6.07) is 7.95. The van der Waals surface area contributed by atoms with Crippen molar-refractivity contribution in [2.75, 3.05) is 0 Å². The minimum Gasteiger partial charge on any atom is -0.428 e. The van der Waals surface area contributed by atoms with Crippen LogP contribution < -0.4 is 10.4 Å². The number of alkyl halides is 3. The van der Waals surface area contributed by atoms with E-state index in [1.54, 1.807) is 13.0 Å². The van der Waals surface area contributed by atoms with E-state index < -0.39 is 12.0 Å². The van der Waals surface area contributed by atoms with Crippen molar-refractivity contribution in [2.45, 2.75) is 13.3 Å². The van der Waals surface area contributed by atoms with Crippen LogP contribution in [0.5, 0.6) is 5.75 Å². The second-order valence-corrected chi connectivity index (χ2v) is 4.73. The Hall–Kier alpha value is -3.10. The van der Waals surface area contributed by atoms with Crippen molar-refractivity contribution in [3.63, 3.8) is 0 Å². The number of aryl methyl sites for hydroxylation is 1. The Kier molecular flexibility index (Phi) is 3.84. The molecule has 0 radical (unpaired) electrons. The normalized spacial score (nSPS) is 11.5. The van der Waals surface area contributed by atoms with Crippen LogP contribution in [0.25, 0.3) is 22.9 Å². The lowest BCUT2D eigenvalue weighted by Crippen LogP contribution is -2.16. The summed E-state index contributed by atoms with van der Waals surface area (Å²) in [7, 11) is 0. The van der Waals surface area contributed by atoms with Crippen LogP contribution in [0.2, 0.25) is 0 Å². The van der Waals surface area contributed by atoms with Gasteiger partial charge < -0.3 is 13.6 Å². The van der Waals surface area contributed by atoms with Gasteiger partial charge in [0, 0.05) is 5.56 Å². The Balaban J connectivity index is 1.87. The Morgan fingerprint density at radius 2 is 1.62 bits per heavy atom. The molecule has 0 N–H and O–H groups in total. The van der Waals surface area contributed by atoms with Gasteiger partial charge in [-0.15, -0.1) is 23.4 Å². The van der Waals surface area contributed by atoms with E-state index in [1.165, 1.54) is 18.2 Å². The molecule has 0 saturated heterocycles. The molecule has 0 aliphatic heterocycles. The highest BCUT2D eigenvalue weighted by Gasteiger charge is 2.31. The molecule has 124 valence electrons. The number of aromatic nitrogens is 2. The molecule has 9 heteroatoms. The van der Waals surface area contributed by atoms with Crippen molar-refractivity contribution >= 4 is 0 Å². The van der Waals surface area contributed by atoms with E-state index in [-0.39, 0.29) is 23.1 Å². The summed E-state index contributed by atoms with van der Waals surface area (Å²) in [5.74, 6) is 0.0619. The third-order valence-corrected chi connectivity index (χ3v) is 2.95. The number of ether oxygens (including phenoxy) is 1. The van der Waals surface area contributed by atoms with Crippen molar-refractivity contribution in [1.82, 2.24) is 10.2 Å². The van der Waals surface area contributed by atoms with E-state index in [0.29, 0.717) is 11.3 Å². The van der Waals surface area contributed by atoms with Crippen LogP contribution in [0.1, 0.15) is 5.76 Å². The van der Waals surface area contributed by atoms with Crippen LogP contribution in [-0.2, 0) is 0 Å². The molecule has 0 saturated carbocycles. The van der Waals surface area contributed by atoms with Gasteiger partial charge in [-0.2, -0.15) is 0 Å². The minimum atomic E-state index is -4.77. The molecule has 0 spiro atoms. The average molecular weight is 338 g/mol. The molecule has 0 fully saturated rings. The van der Waals surface area contributed by atoms with E-state index in [4.69, 9.17) is 8.83 Å². The summed E-state index contributed by atoms with van der Waals surface area (Å²) in [5, 5.41) is 7.52. The summed E-state index contributed by atoms with van der Waals surface area (Å²) >= 11 is 0. The zero-order chi connectivity index (χ0) is 17.3. The smallest absolute Gasteiger partial charge is 0.428 e. The lowest BCUT2D eigenvalue weighted by molar-refractivity contribution is -0.274. The van der Waals surface area contributed by atoms with Gasteiger partial charge in [-0.05, 0) is 43.3 Å². The first-order valence-corrected chi connectivity index (χ1v) is 6.63. The standard InChI is InChI=1S/C15H9F3N2O4/c1-8-2-7-11(14(21)22-8)13-20-19-12(23-13)9-3-5-10(6-4-9)24-15(16,17)18/h2-7H,1H3. The fourth-order valence-corrected chi connectivity index (χ4v) is 1.91. The lowest BCUT2D eigenvalue weighted by atomic mass is 10.2. The summed E-state index contributed by atoms with van der Waals surface area (Å²) in [4.78, 5) is 11.7. The number of hydrogen-bond acceptors (Lipinski definition) is 6. The highest BCUT2D eigenvalue weighted by Crippen LogP contribution is 2.27. The van der Waals surface area contributed by atoms with Crippen molar-refractivity contribution in [2.24, 2.45) is 0 Å². The van der Waals surface area contributed by atoms with Crippen molar-refractivity contribution in [3.05, 3.63) is 52.6 Å². The van der Waals surface area contributed by atoms with Gasteiger partial charge >= 0.3 is 12.0 Å². The van der Waals surface area contributed by atoms with E-state index >= 15 is 0 Å². The molecule has 0 aliphatic rings. The second kappa shape index (κ2) is 5.84. The molecule has 6 nitrogen and oxygen atoms in total. The van der Waals surface area contributed by atoms with Gasteiger partial charge in [0.25, 0.3) is 5.89 Å². The first-order valence-electron chi connectivity index (χ1n) is 6.63. The van der Waals surface area contributed by atoms with Gasteiger partial charge in [-0.25, -0.2) is 4.79 Å². The lowest BCUT2D eigenvalue weighted by Gasteiger charge is -2.08. The quantitative estimate of drug-likeness (QED) is 0.726. The molecule has 24 heavy (non-hydrogen) atoms. The zero-order valence-electron chi connectivity index (χ0n) is 12.1. The van der Waals surface area contributed by atoms with Gasteiger partial charge in [0.15, 0.2) is 0 Å². The predicted octanol–water partition coefficient (Wildman–Crippen LogP) is 3.56. The van der Waals surface area contributed by atoms with Crippen LogP contribution in [0, 0.1) is 6.92 Å². The molecule has 3 aromatic rings. The Labute approximate surface area is 132 Å². The summed E-state index contributed by atoms with van der Waals surface area (Å²) < 4.78 is 50.4. The fourth-order valence-electron chi connectivity index (χ4n) is 1.91. The van der Waals surface area contributed by atoms with E-state index in [9.17, 15) is 18.0 Å². The molecule has 1 aromatic carbocycles. The first-order chi connectivity index (χ1) is 11.3. The molecule has 0 amide bonds. The van der Waals surface area contributed by atoms with Crippen molar-refractivity contribution in [3.8, 4) is 28.7 Å². The highest BCUT2D eigenvalue weighted by atomic mass is 19.4. The highest BCUT2D eigenvalue weighted by molar-refractivity contribution is 5.57. The van der Waals surface area contributed by atoms with Crippen LogP contribution in [0.3, 0.4) is 0 Å². The maximum Gasteiger partial charge on any atom is 0.573 e. The van der Waals surface area contributed by atoms with Gasteiger partial charge in [-0.1, -0.05) is 0 Å². The molecule has 2 aromatic heterocycles. The van der Waals surface area contributed by atoms with Gasteiger partial charge in [0.2, 0.25) is 5.89 Å². The summed E-state index contributed by atoms with van der Waals surface area (Å²) in [5.41, 5.74) is -0.157. The Morgan fingerprint density at radius 1 is 0.958 bits per heavy atom. The number of rotatable bonds is 3. The molecule has 0 unspecified atom stereocenters. The number of hydrogen-bond donors (Lipinski definition) is 0. The van der Waals surface area contributed by atoms with Gasteiger partial charge in [0.1, 0.15) is 17.1 Å². The largest absolute Gasteiger partial charge is 0.573 e. The van der Waals surface area contributed by atoms with Crippen molar-refractivity contribution < 1.29 is 26.7 Å². The molecular formula is C15H9F3N2O4. The molecule has 0 aliphatic carbocycles. The topological polar surface area (TPSA) is 78.4 Å². The maximum absolute atomic E-state index is 12.1. The number of benzene rings is 1. The van der Waals surface area contributed by atoms with Gasteiger partial charge in [-0.3, -0.25) is 0 Å². The summed E-state index contributed by atoms with van der Waals surface area (Å²) in [6.45, 7) is 1.62. The van der Waals surface area contributed by atoms with Crippen LogP contribution in [-0.4, -0.2) is 16.6 Å². The maximum atomic E-state index is 12.1. The molecular weight excluding hydrogens is 329 g/mol. The molecule has 3 rings (SSSR count). The second-order valence-electron chi connectivity index (χ2n) is 4.73. The van der Waals surface area contributed by atoms with Crippen LogP contribution in [0.4, 0.5) is 13.2 Å². The SMILES string of the molecule is Cc1ccc(-c2nnc(-c3ccc(OC(F)(F)F)cc3)o2)c(=O)o1. The van der Waals surface area contributed by atoms with E-state index in [0.717, 1.165) is 12.1 Å².